The number of hydrogen-bond acceptors (Lipinski definition) is 2. The van der Waals surface area contributed by atoms with Gasteiger partial charge >= 0.3 is 0 Å². The van der Waals surface area contributed by atoms with E-state index < -0.39 is 0 Å². The number of carbonyl (C=O) groups excluding carboxylic acids is 1. The molecule has 2 aromatic rings. The van der Waals surface area contributed by atoms with Crippen LogP contribution in [0.3, 0.4) is 0 Å². The number of nitrogen functional groups attached to an aromatic ring is 1. The maximum Gasteiger partial charge on any atom is 0.258 e. The predicted molar refractivity (Wildman–Crippen MR) is 82.3 cm³/mol. The Morgan fingerprint density at radius 1 is 1.25 bits per heavy atom. The van der Waals surface area contributed by atoms with Crippen molar-refractivity contribution in [1.82, 2.24) is 0 Å². The Balaban J connectivity index is 2.33. The van der Waals surface area contributed by atoms with Crippen LogP contribution in [0.4, 0.5) is 15.8 Å². The van der Waals surface area contributed by atoms with Gasteiger partial charge < -0.3 is 10.6 Å². The van der Waals surface area contributed by atoms with Crippen LogP contribution in [0.2, 0.25) is 0 Å². The third kappa shape index (κ3) is 2.99. The van der Waals surface area contributed by atoms with Crippen LogP contribution in [-0.2, 0) is 0 Å². The molecule has 0 heterocycles. The smallest absolute Gasteiger partial charge is 0.258 e. The van der Waals surface area contributed by atoms with Crippen LogP contribution in [0.25, 0.3) is 0 Å². The SMILES string of the molecule is CCN(C(=O)c1ccc(N)c(Br)c1)c1ccc(F)cc1. The van der Waals surface area contributed by atoms with Crippen molar-refractivity contribution >= 4 is 33.2 Å². The number of nitrogens with two attached hydrogens (primary N) is 1. The number of hydrogen-bond donors (Lipinski definition) is 1. The highest BCUT2D eigenvalue weighted by molar-refractivity contribution is 9.10. The minimum atomic E-state index is -0.326. The van der Waals surface area contributed by atoms with E-state index in [0.717, 1.165) is 0 Å². The summed E-state index contributed by atoms with van der Waals surface area (Å²) in [5.74, 6) is -0.479. The first-order valence-electron chi connectivity index (χ1n) is 6.15. The monoisotopic (exact) mass is 336 g/mol. The lowest BCUT2D eigenvalue weighted by Crippen LogP contribution is -2.30. The molecule has 0 saturated heterocycles. The van der Waals surface area contributed by atoms with Gasteiger partial charge in [-0.25, -0.2) is 4.39 Å². The first kappa shape index (κ1) is 14.5. The molecule has 0 fully saturated rings. The number of halogens is 2. The molecule has 0 unspecified atom stereocenters. The van der Waals surface area contributed by atoms with E-state index in [-0.39, 0.29) is 11.7 Å². The zero-order valence-electron chi connectivity index (χ0n) is 10.9. The molecule has 20 heavy (non-hydrogen) atoms. The van der Waals surface area contributed by atoms with Crippen molar-refractivity contribution in [2.24, 2.45) is 0 Å². The van der Waals surface area contributed by atoms with Crippen LogP contribution in [0.1, 0.15) is 17.3 Å². The lowest BCUT2D eigenvalue weighted by Gasteiger charge is -2.21. The summed E-state index contributed by atoms with van der Waals surface area (Å²) in [5.41, 5.74) is 7.47. The molecule has 0 aliphatic rings. The number of rotatable bonds is 3. The summed E-state index contributed by atoms with van der Waals surface area (Å²) in [6, 6.07) is 10.9. The molecule has 0 atom stereocenters. The van der Waals surface area contributed by atoms with Gasteiger partial charge in [-0.05, 0) is 65.3 Å². The molecule has 2 N–H and O–H groups in total. The summed E-state index contributed by atoms with van der Waals surface area (Å²) in [5, 5.41) is 0. The summed E-state index contributed by atoms with van der Waals surface area (Å²) in [7, 11) is 0. The van der Waals surface area contributed by atoms with Crippen molar-refractivity contribution in [1.29, 1.82) is 0 Å². The highest BCUT2D eigenvalue weighted by atomic mass is 79.9. The van der Waals surface area contributed by atoms with Crippen molar-refractivity contribution in [3.8, 4) is 0 Å². The molecule has 3 nitrogen and oxygen atoms in total. The van der Waals surface area contributed by atoms with Crippen LogP contribution in [-0.4, -0.2) is 12.5 Å². The zero-order valence-corrected chi connectivity index (χ0v) is 12.5. The summed E-state index contributed by atoms with van der Waals surface area (Å²) >= 11 is 3.31. The average molecular weight is 337 g/mol. The number of amides is 1. The van der Waals surface area contributed by atoms with Gasteiger partial charge in [0.15, 0.2) is 0 Å². The molecule has 0 spiro atoms. The third-order valence-corrected chi connectivity index (χ3v) is 3.63. The van der Waals surface area contributed by atoms with Crippen molar-refractivity contribution in [2.75, 3.05) is 17.2 Å². The molecule has 0 radical (unpaired) electrons. The lowest BCUT2D eigenvalue weighted by atomic mass is 10.1. The fourth-order valence-corrected chi connectivity index (χ4v) is 2.26. The Labute approximate surface area is 125 Å². The number of nitrogens with zero attached hydrogens (tertiary/aromatic N) is 1. The van der Waals surface area contributed by atoms with E-state index >= 15 is 0 Å². The number of anilines is 2. The van der Waals surface area contributed by atoms with E-state index in [1.54, 1.807) is 35.2 Å². The molecule has 1 amide bonds. The zero-order chi connectivity index (χ0) is 14.7. The standard InChI is InChI=1S/C15H14BrFN2O/c1-2-19(12-6-4-11(17)5-7-12)15(20)10-3-8-14(18)13(16)9-10/h3-9H,2,18H2,1H3. The van der Waals surface area contributed by atoms with E-state index in [0.29, 0.717) is 28.0 Å². The fraction of sp³-hybridized carbons (Fsp3) is 0.133. The maximum atomic E-state index is 13.0. The van der Waals surface area contributed by atoms with Crippen LogP contribution in [0.5, 0.6) is 0 Å². The highest BCUT2D eigenvalue weighted by Gasteiger charge is 2.16. The summed E-state index contributed by atoms with van der Waals surface area (Å²) in [6.45, 7) is 2.36. The Morgan fingerprint density at radius 3 is 2.45 bits per heavy atom. The molecule has 2 rings (SSSR count). The van der Waals surface area contributed by atoms with Gasteiger partial charge in [-0.1, -0.05) is 0 Å². The first-order chi connectivity index (χ1) is 9.52. The van der Waals surface area contributed by atoms with E-state index in [2.05, 4.69) is 15.9 Å². The second-order valence-electron chi connectivity index (χ2n) is 4.26. The van der Waals surface area contributed by atoms with Crippen LogP contribution in [0, 0.1) is 5.82 Å². The first-order valence-corrected chi connectivity index (χ1v) is 6.94. The van der Waals surface area contributed by atoms with E-state index in [1.165, 1.54) is 12.1 Å². The Hall–Kier alpha value is -1.88. The molecule has 0 saturated carbocycles. The van der Waals surface area contributed by atoms with Crippen LogP contribution < -0.4 is 10.6 Å². The minimum Gasteiger partial charge on any atom is -0.398 e. The van der Waals surface area contributed by atoms with Crippen molar-refractivity contribution in [3.63, 3.8) is 0 Å². The number of benzene rings is 2. The quantitative estimate of drug-likeness (QED) is 0.865. The lowest BCUT2D eigenvalue weighted by molar-refractivity contribution is 0.0988. The molecular formula is C15H14BrFN2O. The molecule has 5 heteroatoms. The minimum absolute atomic E-state index is 0.153. The van der Waals surface area contributed by atoms with Gasteiger partial charge in [0, 0.05) is 28.0 Å². The second kappa shape index (κ2) is 6.05. The molecular weight excluding hydrogens is 323 g/mol. The maximum absolute atomic E-state index is 13.0. The van der Waals surface area contributed by atoms with Gasteiger partial charge in [0.25, 0.3) is 5.91 Å². The Kier molecular flexibility index (Phi) is 4.39. The van der Waals surface area contributed by atoms with Crippen molar-refractivity contribution in [2.45, 2.75) is 6.92 Å². The summed E-state index contributed by atoms with van der Waals surface area (Å²) in [4.78, 5) is 14.1. The second-order valence-corrected chi connectivity index (χ2v) is 5.12. The normalized spacial score (nSPS) is 10.3. The largest absolute Gasteiger partial charge is 0.398 e. The average Bonchev–Trinajstić information content (AvgIpc) is 2.44. The van der Waals surface area contributed by atoms with Gasteiger partial charge in [0.1, 0.15) is 5.82 Å². The topological polar surface area (TPSA) is 46.3 Å². The molecule has 0 bridgehead atoms. The molecule has 2 aromatic carbocycles. The third-order valence-electron chi connectivity index (χ3n) is 2.95. The van der Waals surface area contributed by atoms with E-state index in [9.17, 15) is 9.18 Å². The number of carbonyl (C=O) groups is 1. The van der Waals surface area contributed by atoms with Gasteiger partial charge in [-0.3, -0.25) is 4.79 Å². The van der Waals surface area contributed by atoms with Crippen LogP contribution in [0.15, 0.2) is 46.9 Å². The van der Waals surface area contributed by atoms with Gasteiger partial charge in [0.05, 0.1) is 0 Å². The van der Waals surface area contributed by atoms with Gasteiger partial charge in [-0.15, -0.1) is 0 Å². The predicted octanol–water partition coefficient (Wildman–Crippen LogP) is 3.84. The van der Waals surface area contributed by atoms with E-state index in [1.807, 2.05) is 6.92 Å². The molecule has 104 valence electrons. The van der Waals surface area contributed by atoms with Crippen LogP contribution >= 0.6 is 15.9 Å². The van der Waals surface area contributed by atoms with Crippen molar-refractivity contribution < 1.29 is 9.18 Å². The van der Waals surface area contributed by atoms with Gasteiger partial charge in [0.2, 0.25) is 0 Å². The summed E-state index contributed by atoms with van der Waals surface area (Å²) < 4.78 is 13.6. The fourth-order valence-electron chi connectivity index (χ4n) is 1.88. The Morgan fingerprint density at radius 2 is 1.90 bits per heavy atom. The molecule has 0 aliphatic heterocycles. The molecule has 0 aromatic heterocycles. The van der Waals surface area contributed by atoms with E-state index in [4.69, 9.17) is 5.73 Å². The van der Waals surface area contributed by atoms with Crippen molar-refractivity contribution in [3.05, 3.63) is 58.3 Å². The molecule has 0 aliphatic carbocycles. The summed E-state index contributed by atoms with van der Waals surface area (Å²) in [6.07, 6.45) is 0. The van der Waals surface area contributed by atoms with Gasteiger partial charge in [-0.2, -0.15) is 0 Å². The highest BCUT2D eigenvalue weighted by Crippen LogP contribution is 2.23. The Bertz CT molecular complexity index is 628.